The molecule has 0 saturated carbocycles. The Hall–Kier alpha value is -2.07. The van der Waals surface area contributed by atoms with E-state index in [1.54, 1.807) is 0 Å². The number of carbonyl (C=O) groups is 3. The minimum absolute atomic E-state index is 0.618. The fourth-order valence-electron chi connectivity index (χ4n) is 4.39. The van der Waals surface area contributed by atoms with Crippen LogP contribution in [0.2, 0.25) is 0 Å². The molecular formula is C20H32N2O16. The first-order valence-corrected chi connectivity index (χ1v) is 11.5. The largest absolute Gasteiger partial charge is 0.479 e. The second-order valence-corrected chi connectivity index (χ2v) is 9.22. The van der Waals surface area contributed by atoms with E-state index in [4.69, 9.17) is 29.8 Å². The third-order valence-electron chi connectivity index (χ3n) is 6.49. The number of nitrogens with one attached hydrogen (secondary N) is 1. The summed E-state index contributed by atoms with van der Waals surface area (Å²) in [4.78, 5) is 34.9. The second kappa shape index (κ2) is 12.0. The number of hydrogen-bond donors (Lipinski definition) is 10. The molecule has 3 heterocycles. The van der Waals surface area contributed by atoms with Crippen LogP contribution in [-0.2, 0) is 38.1 Å². The number of nitrogens with two attached hydrogens (primary N) is 1. The van der Waals surface area contributed by atoms with Crippen molar-refractivity contribution in [2.24, 2.45) is 5.73 Å². The molecule has 0 aromatic rings. The number of ether oxygens (including phenoxy) is 5. The molecule has 3 saturated heterocycles. The topological polar surface area (TPSA) is 297 Å². The van der Waals surface area contributed by atoms with Crippen molar-refractivity contribution in [3.8, 4) is 0 Å². The van der Waals surface area contributed by atoms with E-state index in [0.717, 1.165) is 6.92 Å². The van der Waals surface area contributed by atoms with Crippen LogP contribution in [0.4, 0.5) is 0 Å². The maximum Gasteiger partial charge on any atom is 0.335 e. The van der Waals surface area contributed by atoms with Gasteiger partial charge < -0.3 is 75.6 Å². The van der Waals surface area contributed by atoms with E-state index in [1.165, 1.54) is 6.92 Å². The lowest BCUT2D eigenvalue weighted by atomic mass is 9.94. The minimum Gasteiger partial charge on any atom is -0.479 e. The maximum absolute atomic E-state index is 12.0. The Bertz CT molecular complexity index is 878. The number of amides is 1. The van der Waals surface area contributed by atoms with Gasteiger partial charge in [-0.2, -0.15) is 0 Å². The third-order valence-corrected chi connectivity index (χ3v) is 6.49. The van der Waals surface area contributed by atoms with Gasteiger partial charge in [-0.1, -0.05) is 0 Å². The summed E-state index contributed by atoms with van der Waals surface area (Å²) in [6, 6.07) is -2.28. The van der Waals surface area contributed by atoms with Crippen LogP contribution < -0.4 is 11.1 Å². The van der Waals surface area contributed by atoms with Crippen LogP contribution in [-0.4, -0.2) is 151 Å². The summed E-state index contributed by atoms with van der Waals surface area (Å²) >= 11 is 0. The van der Waals surface area contributed by atoms with Gasteiger partial charge in [0.2, 0.25) is 5.91 Å². The molecule has 0 aliphatic carbocycles. The molecule has 18 nitrogen and oxygen atoms in total. The number of carboxylic acid groups (broad SMARTS) is 2. The van der Waals surface area contributed by atoms with Gasteiger partial charge in [0.1, 0.15) is 42.7 Å². The van der Waals surface area contributed by atoms with E-state index < -0.39 is 110 Å². The summed E-state index contributed by atoms with van der Waals surface area (Å²) in [5.74, 6) is -4.08. The zero-order valence-electron chi connectivity index (χ0n) is 20.1. The number of aliphatic hydroxyl groups excluding tert-OH is 6. The Balaban J connectivity index is 1.82. The number of aliphatic carboxylic acids is 2. The predicted molar refractivity (Wildman–Crippen MR) is 115 cm³/mol. The molecule has 3 fully saturated rings. The number of carboxylic acids is 2. The molecule has 38 heavy (non-hydrogen) atoms. The highest BCUT2D eigenvalue weighted by Gasteiger charge is 2.55. The average molecular weight is 556 g/mol. The molecule has 11 N–H and O–H groups in total. The lowest BCUT2D eigenvalue weighted by Crippen LogP contribution is -2.69. The summed E-state index contributed by atoms with van der Waals surface area (Å²) in [6.07, 6.45) is -24.5. The van der Waals surface area contributed by atoms with E-state index in [9.17, 15) is 50.1 Å². The lowest BCUT2D eigenvalue weighted by Gasteiger charge is -2.47. The molecule has 1 amide bonds. The van der Waals surface area contributed by atoms with E-state index in [-0.39, 0.29) is 0 Å². The number of aliphatic hydroxyl groups is 6. The van der Waals surface area contributed by atoms with Crippen molar-refractivity contribution in [2.45, 2.75) is 106 Å². The first-order chi connectivity index (χ1) is 17.6. The first kappa shape index (κ1) is 30.5. The molecule has 0 spiro atoms. The molecule has 0 unspecified atom stereocenters. The SMILES string of the molecule is CC(=O)N[C@H]1[C@@H](O[C@@H]2[C@H](O)[C@@H](O)[C@@H](O[C@H]3[C@@H](O)[C@@H](C(=O)O)O[C@H](O)[C@@H]3O)O[C@@H]2C(=O)O)O[C@H](C)[C@H](N)[C@@H]1O. The summed E-state index contributed by atoms with van der Waals surface area (Å²) in [7, 11) is 0. The number of carbonyl (C=O) groups excluding carboxylic acids is 1. The normalized spacial score (nSPS) is 47.8. The van der Waals surface area contributed by atoms with Crippen LogP contribution in [0.3, 0.4) is 0 Å². The van der Waals surface area contributed by atoms with Crippen molar-refractivity contribution >= 4 is 17.8 Å². The van der Waals surface area contributed by atoms with E-state index in [1.807, 2.05) is 0 Å². The van der Waals surface area contributed by atoms with Crippen molar-refractivity contribution in [1.29, 1.82) is 0 Å². The van der Waals surface area contributed by atoms with Gasteiger partial charge in [-0.05, 0) is 6.92 Å². The number of rotatable bonds is 7. The zero-order chi connectivity index (χ0) is 28.6. The smallest absolute Gasteiger partial charge is 0.335 e. The molecule has 0 radical (unpaired) electrons. The Morgan fingerprint density at radius 1 is 0.737 bits per heavy atom. The lowest BCUT2D eigenvalue weighted by molar-refractivity contribution is -0.362. The predicted octanol–water partition coefficient (Wildman–Crippen LogP) is -6.25. The molecule has 0 bridgehead atoms. The zero-order valence-corrected chi connectivity index (χ0v) is 20.1. The van der Waals surface area contributed by atoms with Gasteiger partial charge in [-0.15, -0.1) is 0 Å². The van der Waals surface area contributed by atoms with Crippen LogP contribution in [0, 0.1) is 0 Å². The van der Waals surface area contributed by atoms with Crippen LogP contribution in [0.15, 0.2) is 0 Å². The molecule has 0 aromatic carbocycles. The molecule has 15 atom stereocenters. The monoisotopic (exact) mass is 556 g/mol. The van der Waals surface area contributed by atoms with Crippen LogP contribution in [0.25, 0.3) is 0 Å². The highest BCUT2D eigenvalue weighted by atomic mass is 16.7. The fraction of sp³-hybridized carbons (Fsp3) is 0.850. The second-order valence-electron chi connectivity index (χ2n) is 9.22. The highest BCUT2D eigenvalue weighted by Crippen LogP contribution is 2.32. The molecular weight excluding hydrogens is 524 g/mol. The van der Waals surface area contributed by atoms with E-state index in [0.29, 0.717) is 0 Å². The maximum atomic E-state index is 12.0. The summed E-state index contributed by atoms with van der Waals surface area (Å²) in [5.41, 5.74) is 5.86. The highest BCUT2D eigenvalue weighted by molar-refractivity contribution is 5.74. The van der Waals surface area contributed by atoms with Gasteiger partial charge in [-0.3, -0.25) is 4.79 Å². The molecule has 218 valence electrons. The van der Waals surface area contributed by atoms with Crippen molar-refractivity contribution in [3.63, 3.8) is 0 Å². The van der Waals surface area contributed by atoms with Crippen molar-refractivity contribution in [1.82, 2.24) is 5.32 Å². The Labute approximate surface area is 214 Å². The molecule has 3 aliphatic heterocycles. The summed E-state index contributed by atoms with van der Waals surface area (Å²) in [5, 5.41) is 83.3. The first-order valence-electron chi connectivity index (χ1n) is 11.5. The van der Waals surface area contributed by atoms with Gasteiger partial charge in [0.25, 0.3) is 0 Å². The Kier molecular flexibility index (Phi) is 9.61. The van der Waals surface area contributed by atoms with Crippen LogP contribution in [0.5, 0.6) is 0 Å². The van der Waals surface area contributed by atoms with Gasteiger partial charge in [0.05, 0.1) is 18.2 Å². The van der Waals surface area contributed by atoms with Crippen molar-refractivity contribution in [3.05, 3.63) is 0 Å². The Morgan fingerprint density at radius 2 is 1.32 bits per heavy atom. The standard InChI is InChI=1S/C20H32N2O16/c1-3-5(21)7(24)6(22-4(2)23)19(34-3)37-13-8(25)9(26)20(38-15(13)17(31)32)36-12-10(27)14(16(29)30)35-18(33)11(12)28/h3,5-15,18-20,24-28,33H,21H2,1-2H3,(H,22,23)(H,29,30)(H,31,32)/t3-,5+,6-,7+,8-,9-,10-,11-,12+,13-,14+,15+,18+,19-,20+/m1/s1. The van der Waals surface area contributed by atoms with E-state index >= 15 is 0 Å². The van der Waals surface area contributed by atoms with Gasteiger partial charge in [0.15, 0.2) is 31.1 Å². The van der Waals surface area contributed by atoms with Gasteiger partial charge in [-0.25, -0.2) is 9.59 Å². The molecule has 0 aromatic heterocycles. The van der Waals surface area contributed by atoms with Crippen molar-refractivity contribution < 1.29 is 78.9 Å². The molecule has 3 aliphatic rings. The Morgan fingerprint density at radius 3 is 1.87 bits per heavy atom. The summed E-state index contributed by atoms with van der Waals surface area (Å²) < 4.78 is 26.2. The van der Waals surface area contributed by atoms with Gasteiger partial charge in [0, 0.05) is 6.92 Å². The summed E-state index contributed by atoms with van der Waals surface area (Å²) in [6.45, 7) is 2.60. The van der Waals surface area contributed by atoms with Crippen LogP contribution >= 0.6 is 0 Å². The minimum atomic E-state index is -2.14. The molecule has 3 rings (SSSR count). The van der Waals surface area contributed by atoms with Gasteiger partial charge >= 0.3 is 11.9 Å². The molecule has 18 heteroatoms. The van der Waals surface area contributed by atoms with Crippen molar-refractivity contribution in [2.75, 3.05) is 0 Å². The third kappa shape index (κ3) is 6.06. The van der Waals surface area contributed by atoms with Crippen LogP contribution in [0.1, 0.15) is 13.8 Å². The van der Waals surface area contributed by atoms with E-state index in [2.05, 4.69) is 10.1 Å². The number of hydrogen-bond acceptors (Lipinski definition) is 15. The fourth-order valence-corrected chi connectivity index (χ4v) is 4.39. The quantitative estimate of drug-likeness (QED) is 0.139. The average Bonchev–Trinajstić information content (AvgIpc) is 2.83.